The minimum atomic E-state index is -0.287. The molecule has 1 fully saturated rings. The second kappa shape index (κ2) is 10.0. The number of carbonyl (C=O) groups is 2. The summed E-state index contributed by atoms with van der Waals surface area (Å²) in [4.78, 5) is 26.5. The van der Waals surface area contributed by atoms with Gasteiger partial charge in [-0.1, -0.05) is 0 Å². The van der Waals surface area contributed by atoms with Gasteiger partial charge in [0.25, 0.3) is 5.91 Å². The summed E-state index contributed by atoms with van der Waals surface area (Å²) in [5.41, 5.74) is 1.89. The maximum Gasteiger partial charge on any atom is 0.255 e. The van der Waals surface area contributed by atoms with Crippen LogP contribution in [-0.4, -0.2) is 38.2 Å². The van der Waals surface area contributed by atoms with Crippen molar-refractivity contribution in [3.63, 3.8) is 0 Å². The third-order valence-corrected chi connectivity index (χ3v) is 4.68. The first-order valence-corrected chi connectivity index (χ1v) is 10.4. The van der Waals surface area contributed by atoms with Crippen LogP contribution in [0.1, 0.15) is 44.0 Å². The van der Waals surface area contributed by atoms with Crippen molar-refractivity contribution in [2.75, 3.05) is 36.6 Å². The van der Waals surface area contributed by atoms with Gasteiger partial charge < -0.3 is 24.4 Å². The summed E-state index contributed by atoms with van der Waals surface area (Å²) in [5.74, 6) is 1.28. The van der Waals surface area contributed by atoms with Gasteiger partial charge in [-0.05, 0) is 63.6 Å². The van der Waals surface area contributed by atoms with Crippen molar-refractivity contribution in [2.24, 2.45) is 0 Å². The van der Waals surface area contributed by atoms with E-state index in [0.29, 0.717) is 54.7 Å². The fraction of sp³-hybridized carbons (Fsp3) is 0.391. The molecule has 3 rings (SSSR count). The van der Waals surface area contributed by atoms with E-state index in [-0.39, 0.29) is 11.8 Å². The van der Waals surface area contributed by atoms with Gasteiger partial charge in [0.05, 0.1) is 19.8 Å². The standard InChI is InChI=1S/C23H28N2O5/c1-4-28-19-14-16(15-20(29-5-2)22(19)30-6-3)23(27)24-17-9-11-18(12-10-17)25-13-7-8-21(25)26/h9-12,14-15H,4-8,13H2,1-3H3,(H,24,27). The molecule has 0 unspecified atom stereocenters. The zero-order valence-electron chi connectivity index (χ0n) is 17.7. The van der Waals surface area contributed by atoms with Crippen molar-refractivity contribution in [3.05, 3.63) is 42.0 Å². The number of ether oxygens (including phenoxy) is 3. The van der Waals surface area contributed by atoms with E-state index in [1.54, 1.807) is 29.2 Å². The predicted molar refractivity (Wildman–Crippen MR) is 116 cm³/mol. The van der Waals surface area contributed by atoms with Crippen LogP contribution in [-0.2, 0) is 4.79 Å². The van der Waals surface area contributed by atoms with Gasteiger partial charge in [0.15, 0.2) is 11.5 Å². The van der Waals surface area contributed by atoms with Gasteiger partial charge in [-0.15, -0.1) is 0 Å². The van der Waals surface area contributed by atoms with Crippen LogP contribution in [0.2, 0.25) is 0 Å². The van der Waals surface area contributed by atoms with Crippen molar-refractivity contribution >= 4 is 23.2 Å². The molecule has 0 atom stereocenters. The molecule has 0 saturated carbocycles. The first kappa shape index (κ1) is 21.5. The van der Waals surface area contributed by atoms with Gasteiger partial charge in [-0.3, -0.25) is 9.59 Å². The molecule has 1 saturated heterocycles. The number of rotatable bonds is 9. The second-order valence-corrected chi connectivity index (χ2v) is 6.75. The largest absolute Gasteiger partial charge is 0.490 e. The summed E-state index contributed by atoms with van der Waals surface area (Å²) in [6.07, 6.45) is 1.46. The monoisotopic (exact) mass is 412 g/mol. The lowest BCUT2D eigenvalue weighted by Gasteiger charge is -2.17. The number of carbonyl (C=O) groups excluding carboxylic acids is 2. The van der Waals surface area contributed by atoms with Crippen molar-refractivity contribution in [1.82, 2.24) is 0 Å². The number of nitrogens with zero attached hydrogens (tertiary/aromatic N) is 1. The predicted octanol–water partition coefficient (Wildman–Crippen LogP) is 4.26. The van der Waals surface area contributed by atoms with Crippen LogP contribution < -0.4 is 24.4 Å². The highest BCUT2D eigenvalue weighted by atomic mass is 16.5. The number of amides is 2. The van der Waals surface area contributed by atoms with E-state index in [4.69, 9.17) is 14.2 Å². The molecule has 2 aromatic carbocycles. The quantitative estimate of drug-likeness (QED) is 0.666. The van der Waals surface area contributed by atoms with Crippen LogP contribution >= 0.6 is 0 Å². The zero-order valence-corrected chi connectivity index (χ0v) is 17.7. The van der Waals surface area contributed by atoms with Crippen LogP contribution in [0.3, 0.4) is 0 Å². The molecule has 7 nitrogen and oxygen atoms in total. The van der Waals surface area contributed by atoms with E-state index in [9.17, 15) is 9.59 Å². The van der Waals surface area contributed by atoms with Gasteiger partial charge in [0.1, 0.15) is 0 Å². The van der Waals surface area contributed by atoms with Gasteiger partial charge in [0, 0.05) is 29.9 Å². The fourth-order valence-electron chi connectivity index (χ4n) is 3.37. The summed E-state index contributed by atoms with van der Waals surface area (Å²) in [7, 11) is 0. The van der Waals surface area contributed by atoms with E-state index in [2.05, 4.69) is 5.32 Å². The average Bonchev–Trinajstić information content (AvgIpc) is 3.17. The topological polar surface area (TPSA) is 77.1 Å². The number of benzene rings is 2. The first-order valence-electron chi connectivity index (χ1n) is 10.4. The SMILES string of the molecule is CCOc1cc(C(=O)Nc2ccc(N3CCCC3=O)cc2)cc(OCC)c1OCC. The fourth-order valence-corrected chi connectivity index (χ4v) is 3.37. The Morgan fingerprint density at radius 2 is 1.57 bits per heavy atom. The van der Waals surface area contributed by atoms with Crippen molar-refractivity contribution in [2.45, 2.75) is 33.6 Å². The molecule has 7 heteroatoms. The molecule has 1 aliphatic rings. The Hall–Kier alpha value is -3.22. The third kappa shape index (κ3) is 4.84. The molecule has 0 spiro atoms. The molecule has 2 aromatic rings. The van der Waals surface area contributed by atoms with Crippen LogP contribution in [0.25, 0.3) is 0 Å². The number of hydrogen-bond donors (Lipinski definition) is 1. The zero-order chi connectivity index (χ0) is 21.5. The number of hydrogen-bond acceptors (Lipinski definition) is 5. The van der Waals surface area contributed by atoms with Crippen molar-refractivity contribution in [1.29, 1.82) is 0 Å². The molecular formula is C23H28N2O5. The Morgan fingerprint density at radius 1 is 0.967 bits per heavy atom. The second-order valence-electron chi connectivity index (χ2n) is 6.75. The maximum atomic E-state index is 12.9. The normalized spacial score (nSPS) is 13.3. The van der Waals surface area contributed by atoms with E-state index in [1.165, 1.54) is 0 Å². The molecule has 1 heterocycles. The van der Waals surface area contributed by atoms with Crippen LogP contribution in [0.4, 0.5) is 11.4 Å². The van der Waals surface area contributed by atoms with Crippen LogP contribution in [0.15, 0.2) is 36.4 Å². The molecule has 160 valence electrons. The van der Waals surface area contributed by atoms with E-state index < -0.39 is 0 Å². The van der Waals surface area contributed by atoms with Gasteiger partial charge in [0.2, 0.25) is 11.7 Å². The molecular weight excluding hydrogens is 384 g/mol. The molecule has 30 heavy (non-hydrogen) atoms. The summed E-state index contributed by atoms with van der Waals surface area (Å²) in [6.45, 7) is 7.69. The molecule has 2 amide bonds. The van der Waals surface area contributed by atoms with E-state index in [1.807, 2.05) is 32.9 Å². The Balaban J connectivity index is 1.80. The summed E-state index contributed by atoms with van der Waals surface area (Å²) in [6, 6.07) is 10.6. The highest BCUT2D eigenvalue weighted by Crippen LogP contribution is 2.39. The summed E-state index contributed by atoms with van der Waals surface area (Å²) >= 11 is 0. The first-order chi connectivity index (χ1) is 14.6. The lowest BCUT2D eigenvalue weighted by atomic mass is 10.1. The molecule has 0 aromatic heterocycles. The van der Waals surface area contributed by atoms with Gasteiger partial charge in [-0.2, -0.15) is 0 Å². The Kier molecular flexibility index (Phi) is 7.17. The van der Waals surface area contributed by atoms with Crippen LogP contribution in [0.5, 0.6) is 17.2 Å². The van der Waals surface area contributed by atoms with Gasteiger partial charge >= 0.3 is 0 Å². The van der Waals surface area contributed by atoms with Gasteiger partial charge in [-0.25, -0.2) is 0 Å². The van der Waals surface area contributed by atoms with E-state index >= 15 is 0 Å². The Bertz CT molecular complexity index is 868. The molecule has 0 bridgehead atoms. The highest BCUT2D eigenvalue weighted by Gasteiger charge is 2.22. The minimum absolute atomic E-state index is 0.132. The highest BCUT2D eigenvalue weighted by molar-refractivity contribution is 6.05. The lowest BCUT2D eigenvalue weighted by Crippen LogP contribution is -2.23. The van der Waals surface area contributed by atoms with Crippen molar-refractivity contribution in [3.8, 4) is 17.2 Å². The number of anilines is 2. The lowest BCUT2D eigenvalue weighted by molar-refractivity contribution is -0.117. The third-order valence-electron chi connectivity index (χ3n) is 4.68. The minimum Gasteiger partial charge on any atom is -0.490 e. The Morgan fingerprint density at radius 3 is 2.07 bits per heavy atom. The van der Waals surface area contributed by atoms with Crippen molar-refractivity contribution < 1.29 is 23.8 Å². The molecule has 1 aliphatic heterocycles. The van der Waals surface area contributed by atoms with E-state index in [0.717, 1.165) is 18.7 Å². The smallest absolute Gasteiger partial charge is 0.255 e. The average molecular weight is 412 g/mol. The van der Waals surface area contributed by atoms with Crippen LogP contribution in [0, 0.1) is 0 Å². The molecule has 1 N–H and O–H groups in total. The summed E-state index contributed by atoms with van der Waals surface area (Å²) in [5, 5.41) is 2.88. The maximum absolute atomic E-state index is 12.9. The Labute approximate surface area is 176 Å². The molecule has 0 radical (unpaired) electrons. The molecule has 0 aliphatic carbocycles. The number of nitrogens with one attached hydrogen (secondary N) is 1. The summed E-state index contributed by atoms with van der Waals surface area (Å²) < 4.78 is 17.0.